The van der Waals surface area contributed by atoms with Gasteiger partial charge in [0.15, 0.2) is 0 Å². The van der Waals surface area contributed by atoms with Gasteiger partial charge in [0.25, 0.3) is 11.8 Å². The van der Waals surface area contributed by atoms with Crippen LogP contribution in [0.25, 0.3) is 0 Å². The van der Waals surface area contributed by atoms with E-state index < -0.39 is 40.8 Å². The summed E-state index contributed by atoms with van der Waals surface area (Å²) in [6, 6.07) is 2.42. The van der Waals surface area contributed by atoms with Crippen LogP contribution in [0.3, 0.4) is 0 Å². The molecule has 0 bridgehead atoms. The van der Waals surface area contributed by atoms with Crippen LogP contribution in [0.5, 0.6) is 0 Å². The highest BCUT2D eigenvalue weighted by Gasteiger charge is 2.54. The van der Waals surface area contributed by atoms with Crippen molar-refractivity contribution in [3.05, 3.63) is 35.4 Å². The van der Waals surface area contributed by atoms with Crippen molar-refractivity contribution in [2.75, 3.05) is 12.9 Å². The van der Waals surface area contributed by atoms with Crippen LogP contribution in [-0.4, -0.2) is 58.0 Å². The van der Waals surface area contributed by atoms with Crippen molar-refractivity contribution in [3.8, 4) is 0 Å². The molecule has 1 aromatic rings. The van der Waals surface area contributed by atoms with Crippen LogP contribution in [0, 0.1) is 0 Å². The Morgan fingerprint density at radius 2 is 2.23 bits per heavy atom. The van der Waals surface area contributed by atoms with Crippen LogP contribution in [-0.2, 0) is 30.4 Å². The van der Waals surface area contributed by atoms with Gasteiger partial charge in [-0.05, 0) is 12.1 Å². The van der Waals surface area contributed by atoms with Crippen LogP contribution in [0.1, 0.15) is 5.76 Å². The Morgan fingerprint density at radius 3 is 2.85 bits per heavy atom. The quantitative estimate of drug-likeness (QED) is 0.432. The average Bonchev–Trinajstić information content (AvgIpc) is 3.11. The zero-order valence-electron chi connectivity index (χ0n) is 13.6. The maximum atomic E-state index is 12.4. The molecule has 11 heteroatoms. The maximum Gasteiger partial charge on any atom is 0.353 e. The van der Waals surface area contributed by atoms with Crippen molar-refractivity contribution in [2.45, 2.75) is 17.8 Å². The van der Waals surface area contributed by atoms with E-state index in [4.69, 9.17) is 4.42 Å². The topological polar surface area (TPSA) is 138 Å². The summed E-state index contributed by atoms with van der Waals surface area (Å²) in [6.45, 7) is 0. The number of carboxylic acid groups (broad SMARTS) is 1. The van der Waals surface area contributed by atoms with Gasteiger partial charge < -0.3 is 14.8 Å². The molecule has 0 aliphatic carbocycles. The Hall–Kier alpha value is -2.79. The first kappa shape index (κ1) is 18.0. The summed E-state index contributed by atoms with van der Waals surface area (Å²) in [5, 5.41) is 11.4. The van der Waals surface area contributed by atoms with Crippen LogP contribution < -0.4 is 10.8 Å². The van der Waals surface area contributed by atoms with Gasteiger partial charge in [-0.3, -0.25) is 24.1 Å². The van der Waals surface area contributed by atoms with Gasteiger partial charge in [0.2, 0.25) is 5.91 Å². The second kappa shape index (κ2) is 7.22. The van der Waals surface area contributed by atoms with E-state index in [1.165, 1.54) is 25.1 Å². The molecule has 1 saturated heterocycles. The van der Waals surface area contributed by atoms with Crippen molar-refractivity contribution in [2.24, 2.45) is 0 Å². The summed E-state index contributed by atoms with van der Waals surface area (Å²) in [5.41, 5.74) is 1.58. The predicted molar refractivity (Wildman–Crippen MR) is 87.2 cm³/mol. The van der Waals surface area contributed by atoms with Gasteiger partial charge >= 0.3 is 5.97 Å². The molecule has 0 spiro atoms. The molecule has 2 aliphatic heterocycles. The molecule has 26 heavy (non-hydrogen) atoms. The first-order chi connectivity index (χ1) is 12.4. The summed E-state index contributed by atoms with van der Waals surface area (Å²) >= 11 is 1.19. The molecule has 1 fully saturated rings. The normalized spacial score (nSPS) is 21.7. The highest BCUT2D eigenvalue weighted by atomic mass is 32.2. The fourth-order valence-electron chi connectivity index (χ4n) is 2.74. The lowest BCUT2D eigenvalue weighted by Crippen LogP contribution is -2.71. The third-order valence-corrected chi connectivity index (χ3v) is 5.15. The van der Waals surface area contributed by atoms with Gasteiger partial charge in [-0.15, -0.1) is 11.8 Å². The Bertz CT molecular complexity index is 789. The minimum absolute atomic E-state index is 0.0305. The van der Waals surface area contributed by atoms with Crippen molar-refractivity contribution < 1.29 is 33.5 Å². The van der Waals surface area contributed by atoms with E-state index >= 15 is 0 Å². The number of nitrogens with one attached hydrogen (secondary N) is 2. The van der Waals surface area contributed by atoms with Crippen molar-refractivity contribution in [1.82, 2.24) is 15.7 Å². The monoisotopic (exact) mass is 381 g/mol. The summed E-state index contributed by atoms with van der Waals surface area (Å²) in [5.74, 6) is -2.61. The number of amides is 3. The molecular formula is C15H15N3O7S. The van der Waals surface area contributed by atoms with Crippen molar-refractivity contribution >= 4 is 35.5 Å². The fraction of sp³-hybridized carbons (Fsp3) is 0.333. The number of fused-ring (bicyclic) bond motifs is 1. The highest BCUT2D eigenvalue weighted by Crippen LogP contribution is 2.40. The smallest absolute Gasteiger partial charge is 0.353 e. The van der Waals surface area contributed by atoms with Gasteiger partial charge in [0.1, 0.15) is 22.9 Å². The number of hydrogen-bond acceptors (Lipinski definition) is 7. The number of carbonyl (C=O) groups excluding carboxylic acids is 3. The minimum atomic E-state index is -1.40. The Kier molecular flexibility index (Phi) is 5.00. The summed E-state index contributed by atoms with van der Waals surface area (Å²) in [7, 11) is 1.22. The van der Waals surface area contributed by atoms with E-state index in [-0.39, 0.29) is 17.7 Å². The minimum Gasteiger partial charge on any atom is -0.477 e. The summed E-state index contributed by atoms with van der Waals surface area (Å²) in [6.07, 6.45) is 1.41. The van der Waals surface area contributed by atoms with E-state index in [0.717, 1.165) is 4.90 Å². The van der Waals surface area contributed by atoms with E-state index in [9.17, 15) is 24.3 Å². The fourth-order valence-corrected chi connectivity index (χ4v) is 4.08. The standard InChI is InChI=1S/C15H15N3O7S/c1-24-17-12(20)8-6-26-14-10(13(21)18(14)11(8)15(22)23)16-9(19)5-7-3-2-4-25-7/h2-4,10,14H,5-6H2,1H3,(H,16,19)(H,17,20)(H,22,23)/t10?,14-/m0/s1. The van der Waals surface area contributed by atoms with Crippen molar-refractivity contribution in [3.63, 3.8) is 0 Å². The molecule has 0 aromatic carbocycles. The van der Waals surface area contributed by atoms with Crippen LogP contribution >= 0.6 is 11.8 Å². The largest absolute Gasteiger partial charge is 0.477 e. The predicted octanol–water partition coefficient (Wildman–Crippen LogP) is -0.762. The second-order valence-electron chi connectivity index (χ2n) is 5.48. The number of nitrogens with zero attached hydrogens (tertiary/aromatic N) is 1. The number of hydroxylamine groups is 1. The van der Waals surface area contributed by atoms with Gasteiger partial charge in [0, 0.05) is 5.75 Å². The maximum absolute atomic E-state index is 12.4. The molecule has 3 amide bonds. The Morgan fingerprint density at radius 1 is 1.46 bits per heavy atom. The average molecular weight is 381 g/mol. The second-order valence-corrected chi connectivity index (χ2v) is 6.58. The van der Waals surface area contributed by atoms with Crippen LogP contribution in [0.2, 0.25) is 0 Å². The lowest BCUT2D eigenvalue weighted by atomic mass is 10.0. The molecule has 1 unspecified atom stereocenters. The molecule has 0 radical (unpaired) electrons. The van der Waals surface area contributed by atoms with Gasteiger partial charge in [0.05, 0.1) is 25.4 Å². The molecule has 138 valence electrons. The number of hydrogen-bond donors (Lipinski definition) is 3. The van der Waals surface area contributed by atoms with E-state index in [1.54, 1.807) is 12.1 Å². The van der Waals surface area contributed by atoms with Gasteiger partial charge in [-0.25, -0.2) is 10.3 Å². The van der Waals surface area contributed by atoms with E-state index in [1.807, 2.05) is 0 Å². The molecule has 3 rings (SSSR count). The third-order valence-electron chi connectivity index (χ3n) is 3.87. The molecule has 0 saturated carbocycles. The molecular weight excluding hydrogens is 366 g/mol. The number of furan rings is 1. The molecule has 1 aromatic heterocycles. The molecule has 3 N–H and O–H groups in total. The number of β-lactam (4-membered cyclic amide) rings is 1. The van der Waals surface area contributed by atoms with Crippen LogP contribution in [0.15, 0.2) is 34.1 Å². The lowest BCUT2D eigenvalue weighted by Gasteiger charge is -2.49. The molecule has 2 atom stereocenters. The Labute approximate surface area is 151 Å². The van der Waals surface area contributed by atoms with Gasteiger partial charge in [-0.1, -0.05) is 0 Å². The van der Waals surface area contributed by atoms with E-state index in [0.29, 0.717) is 5.76 Å². The number of rotatable bonds is 6. The SMILES string of the molecule is CONC(=O)C1=C(C(=O)O)N2C(=O)C(NC(=O)Cc3ccco3)[C@@H]2SC1. The number of carbonyl (C=O) groups is 4. The first-order valence-electron chi connectivity index (χ1n) is 7.50. The zero-order chi connectivity index (χ0) is 18.8. The molecule has 2 aliphatic rings. The van der Waals surface area contributed by atoms with Crippen LogP contribution in [0.4, 0.5) is 0 Å². The zero-order valence-corrected chi connectivity index (χ0v) is 14.4. The Balaban J connectivity index is 1.73. The summed E-state index contributed by atoms with van der Waals surface area (Å²) < 4.78 is 5.08. The summed E-state index contributed by atoms with van der Waals surface area (Å²) in [4.78, 5) is 53.5. The number of aliphatic carboxylic acids is 1. The van der Waals surface area contributed by atoms with Crippen molar-refractivity contribution in [1.29, 1.82) is 0 Å². The van der Waals surface area contributed by atoms with E-state index in [2.05, 4.69) is 15.6 Å². The van der Waals surface area contributed by atoms with Gasteiger partial charge in [-0.2, -0.15) is 0 Å². The first-order valence-corrected chi connectivity index (χ1v) is 8.55. The third kappa shape index (κ3) is 3.18. The molecule has 10 nitrogen and oxygen atoms in total. The number of thioether (sulfide) groups is 1. The number of carboxylic acids is 1. The molecule has 3 heterocycles. The lowest BCUT2D eigenvalue weighted by molar-refractivity contribution is -0.151. The highest BCUT2D eigenvalue weighted by molar-refractivity contribution is 8.00.